The summed E-state index contributed by atoms with van der Waals surface area (Å²) in [4.78, 5) is 23.2. The topological polar surface area (TPSA) is 88.1 Å². The van der Waals surface area contributed by atoms with E-state index in [-0.39, 0.29) is 11.5 Å². The Morgan fingerprint density at radius 1 is 1.06 bits per heavy atom. The van der Waals surface area contributed by atoms with Gasteiger partial charge in [0.25, 0.3) is 0 Å². The fourth-order valence-corrected chi connectivity index (χ4v) is 3.55. The number of aromatic amines is 1. The predicted octanol–water partition coefficient (Wildman–Crippen LogP) is 5.19. The van der Waals surface area contributed by atoms with Crippen LogP contribution in [0.2, 0.25) is 0 Å². The van der Waals surface area contributed by atoms with Crippen molar-refractivity contribution in [3.05, 3.63) is 90.1 Å². The number of carbonyl (C=O) groups is 1. The van der Waals surface area contributed by atoms with Crippen molar-refractivity contribution in [1.82, 2.24) is 15.0 Å². The molecule has 0 radical (unpaired) electrons. The molecule has 0 saturated carbocycles. The van der Waals surface area contributed by atoms with Gasteiger partial charge in [0.2, 0.25) is 0 Å². The van der Waals surface area contributed by atoms with E-state index in [1.165, 1.54) is 18.2 Å². The summed E-state index contributed by atoms with van der Waals surface area (Å²) in [5.41, 5.74) is 3.30. The van der Waals surface area contributed by atoms with Crippen molar-refractivity contribution in [2.75, 3.05) is 0 Å². The van der Waals surface area contributed by atoms with Crippen LogP contribution in [0.1, 0.15) is 16.1 Å². The Hall–Kier alpha value is -4.26. The van der Waals surface area contributed by atoms with E-state index in [4.69, 9.17) is 4.74 Å². The van der Waals surface area contributed by atoms with Gasteiger partial charge < -0.3 is 14.8 Å². The number of carboxylic acid groups (broad SMARTS) is 1. The zero-order valence-corrected chi connectivity index (χ0v) is 16.2. The lowest BCUT2D eigenvalue weighted by molar-refractivity contribution is 0.0691. The number of fused-ring (bicyclic) bond motifs is 3. The number of nitrogens with zero attached hydrogens (tertiary/aromatic N) is 2. The van der Waals surface area contributed by atoms with E-state index in [2.05, 4.69) is 15.0 Å². The minimum Gasteiger partial charge on any atom is -0.489 e. The fourth-order valence-electron chi connectivity index (χ4n) is 3.55. The van der Waals surface area contributed by atoms with Gasteiger partial charge in [-0.15, -0.1) is 0 Å². The fraction of sp³-hybridized carbons (Fsp3) is 0.0417. The number of rotatable bonds is 5. The van der Waals surface area contributed by atoms with Gasteiger partial charge in [-0.05, 0) is 54.6 Å². The van der Waals surface area contributed by atoms with Gasteiger partial charge in [0.05, 0.1) is 11.2 Å². The Labute approximate surface area is 176 Å². The molecular weight excluding hydrogens is 397 g/mol. The van der Waals surface area contributed by atoms with E-state index in [1.54, 1.807) is 30.6 Å². The number of nitrogens with one attached hydrogen (secondary N) is 1. The number of hydrogen-bond donors (Lipinski definition) is 2. The Balaban J connectivity index is 1.55. The molecule has 2 aromatic carbocycles. The van der Waals surface area contributed by atoms with E-state index < -0.39 is 5.97 Å². The minimum absolute atomic E-state index is 0.0790. The second kappa shape index (κ2) is 7.53. The van der Waals surface area contributed by atoms with E-state index in [1.807, 2.05) is 24.3 Å². The summed E-state index contributed by atoms with van der Waals surface area (Å²) < 4.78 is 19.5. The SMILES string of the molecule is O=C(O)c1cc2c([nH]c3cc(F)ccc32)c(-c2ccc(OCc3cccnc3)cc2)n1. The molecule has 5 aromatic rings. The third kappa shape index (κ3) is 3.57. The lowest BCUT2D eigenvalue weighted by Gasteiger charge is -2.08. The second-order valence-corrected chi connectivity index (χ2v) is 7.07. The molecule has 0 bridgehead atoms. The molecule has 0 unspecified atom stereocenters. The van der Waals surface area contributed by atoms with Crippen molar-refractivity contribution in [3.63, 3.8) is 0 Å². The van der Waals surface area contributed by atoms with Crippen LogP contribution >= 0.6 is 0 Å². The van der Waals surface area contributed by atoms with Gasteiger partial charge in [0.15, 0.2) is 0 Å². The van der Waals surface area contributed by atoms with Gasteiger partial charge in [-0.3, -0.25) is 4.98 Å². The molecule has 5 rings (SSSR count). The first-order chi connectivity index (χ1) is 15.1. The molecule has 2 N–H and O–H groups in total. The van der Waals surface area contributed by atoms with Crippen molar-refractivity contribution in [1.29, 1.82) is 0 Å². The molecule has 6 nitrogen and oxygen atoms in total. The van der Waals surface area contributed by atoms with E-state index in [0.29, 0.717) is 40.0 Å². The molecule has 31 heavy (non-hydrogen) atoms. The third-order valence-corrected chi connectivity index (χ3v) is 5.03. The maximum absolute atomic E-state index is 13.7. The first kappa shape index (κ1) is 18.7. The van der Waals surface area contributed by atoms with Crippen LogP contribution in [0, 0.1) is 5.82 Å². The number of H-pyrrole nitrogens is 1. The van der Waals surface area contributed by atoms with Gasteiger partial charge in [-0.1, -0.05) is 6.07 Å². The van der Waals surface area contributed by atoms with Crippen LogP contribution in [0.25, 0.3) is 33.1 Å². The lowest BCUT2D eigenvalue weighted by atomic mass is 10.1. The van der Waals surface area contributed by atoms with Gasteiger partial charge >= 0.3 is 5.97 Å². The molecule has 0 aliphatic rings. The van der Waals surface area contributed by atoms with Crippen LogP contribution in [-0.2, 0) is 6.61 Å². The summed E-state index contributed by atoms with van der Waals surface area (Å²) in [5.74, 6) is -0.838. The molecule has 0 aliphatic carbocycles. The van der Waals surface area contributed by atoms with E-state index in [9.17, 15) is 14.3 Å². The standard InChI is InChI=1S/C24H16FN3O3/c25-16-5-8-18-19-11-21(24(29)30)28-22(23(19)27-20(18)10-16)15-3-6-17(7-4-15)31-13-14-2-1-9-26-12-14/h1-12,27H,13H2,(H,29,30). The molecule has 0 aliphatic heterocycles. The van der Waals surface area contributed by atoms with Crippen LogP contribution < -0.4 is 4.74 Å². The number of hydrogen-bond acceptors (Lipinski definition) is 4. The zero-order chi connectivity index (χ0) is 21.4. The largest absolute Gasteiger partial charge is 0.489 e. The maximum atomic E-state index is 13.7. The molecule has 0 spiro atoms. The summed E-state index contributed by atoms with van der Waals surface area (Å²) in [5, 5.41) is 10.9. The van der Waals surface area contributed by atoms with Gasteiger partial charge in [-0.25, -0.2) is 14.2 Å². The Morgan fingerprint density at radius 3 is 2.65 bits per heavy atom. The number of halogens is 1. The highest BCUT2D eigenvalue weighted by molar-refractivity contribution is 6.12. The first-order valence-corrected chi connectivity index (χ1v) is 9.56. The van der Waals surface area contributed by atoms with Crippen molar-refractivity contribution in [2.24, 2.45) is 0 Å². The van der Waals surface area contributed by atoms with Gasteiger partial charge in [0, 0.05) is 39.8 Å². The first-order valence-electron chi connectivity index (χ1n) is 9.56. The third-order valence-electron chi connectivity index (χ3n) is 5.03. The number of benzene rings is 2. The highest BCUT2D eigenvalue weighted by Crippen LogP contribution is 2.33. The second-order valence-electron chi connectivity index (χ2n) is 7.07. The highest BCUT2D eigenvalue weighted by Gasteiger charge is 2.17. The number of carboxylic acids is 1. The number of aromatic nitrogens is 3. The molecule has 7 heteroatoms. The van der Waals surface area contributed by atoms with E-state index in [0.717, 1.165) is 10.9 Å². The summed E-state index contributed by atoms with van der Waals surface area (Å²) in [6.45, 7) is 0.387. The molecule has 0 fully saturated rings. The normalized spacial score (nSPS) is 11.1. The monoisotopic (exact) mass is 413 g/mol. The molecule has 3 aromatic heterocycles. The maximum Gasteiger partial charge on any atom is 0.354 e. The zero-order valence-electron chi connectivity index (χ0n) is 16.2. The Morgan fingerprint density at radius 2 is 1.90 bits per heavy atom. The highest BCUT2D eigenvalue weighted by atomic mass is 19.1. The van der Waals surface area contributed by atoms with Crippen LogP contribution in [0.5, 0.6) is 5.75 Å². The Kier molecular flexibility index (Phi) is 4.55. The van der Waals surface area contributed by atoms with Crippen molar-refractivity contribution in [2.45, 2.75) is 6.61 Å². The van der Waals surface area contributed by atoms with Crippen molar-refractivity contribution in [3.8, 4) is 17.0 Å². The summed E-state index contributed by atoms with van der Waals surface area (Å²) in [6, 6.07) is 16.9. The molecule has 3 heterocycles. The number of aromatic carboxylic acids is 1. The predicted molar refractivity (Wildman–Crippen MR) is 115 cm³/mol. The summed E-state index contributed by atoms with van der Waals surface area (Å²) in [7, 11) is 0. The van der Waals surface area contributed by atoms with Crippen LogP contribution in [0.15, 0.2) is 73.1 Å². The Bertz CT molecular complexity index is 1410. The summed E-state index contributed by atoms with van der Waals surface area (Å²) in [6.07, 6.45) is 3.45. The van der Waals surface area contributed by atoms with E-state index >= 15 is 0 Å². The molecule has 0 amide bonds. The smallest absolute Gasteiger partial charge is 0.354 e. The van der Waals surface area contributed by atoms with Gasteiger partial charge in [0.1, 0.15) is 23.9 Å². The molecule has 0 saturated heterocycles. The molecule has 152 valence electrons. The molecule has 0 atom stereocenters. The van der Waals surface area contributed by atoms with Crippen LogP contribution in [-0.4, -0.2) is 26.0 Å². The van der Waals surface area contributed by atoms with Gasteiger partial charge in [-0.2, -0.15) is 0 Å². The lowest BCUT2D eigenvalue weighted by Crippen LogP contribution is -2.01. The quantitative estimate of drug-likeness (QED) is 0.414. The number of pyridine rings is 2. The average Bonchev–Trinajstić information content (AvgIpc) is 3.15. The van der Waals surface area contributed by atoms with Crippen LogP contribution in [0.3, 0.4) is 0 Å². The minimum atomic E-state index is -1.13. The molecular formula is C24H16FN3O3. The van der Waals surface area contributed by atoms with Crippen molar-refractivity contribution < 1.29 is 19.0 Å². The van der Waals surface area contributed by atoms with Crippen LogP contribution in [0.4, 0.5) is 4.39 Å². The average molecular weight is 413 g/mol. The van der Waals surface area contributed by atoms with Crippen molar-refractivity contribution >= 4 is 27.8 Å². The summed E-state index contributed by atoms with van der Waals surface area (Å²) >= 11 is 0. The number of ether oxygens (including phenoxy) is 1.